The summed E-state index contributed by atoms with van der Waals surface area (Å²) < 4.78 is 6.02. The van der Waals surface area contributed by atoms with Crippen LogP contribution in [0.1, 0.15) is 58.4 Å². The van der Waals surface area contributed by atoms with Crippen molar-refractivity contribution in [2.75, 3.05) is 7.05 Å². The van der Waals surface area contributed by atoms with Crippen LogP contribution in [0.3, 0.4) is 0 Å². The molecule has 0 atom stereocenters. The second-order valence-corrected chi connectivity index (χ2v) is 7.18. The van der Waals surface area contributed by atoms with Gasteiger partial charge in [0.1, 0.15) is 6.10 Å². The van der Waals surface area contributed by atoms with Crippen LogP contribution in [0.15, 0.2) is 23.3 Å². The minimum absolute atomic E-state index is 0.0185. The third-order valence-electron chi connectivity index (χ3n) is 3.82. The molecule has 0 aliphatic heterocycles. The quantitative estimate of drug-likeness (QED) is 0.661. The highest BCUT2D eigenvalue weighted by Gasteiger charge is 2.15. The monoisotopic (exact) mass is 318 g/mol. The van der Waals surface area contributed by atoms with Crippen LogP contribution in [0.5, 0.6) is 5.88 Å². The van der Waals surface area contributed by atoms with Crippen LogP contribution in [0.2, 0.25) is 0 Å². The van der Waals surface area contributed by atoms with Crippen molar-refractivity contribution in [1.29, 1.82) is 0 Å². The molecule has 128 valence electrons. The molecule has 0 radical (unpaired) electrons. The largest absolute Gasteiger partial charge is 0.474 e. The lowest BCUT2D eigenvalue weighted by atomic mass is 9.98. The number of aliphatic imine (C=N–C) groups is 1. The second kappa shape index (κ2) is 8.18. The molecule has 0 unspecified atom stereocenters. The Hall–Kier alpha value is -1.78. The van der Waals surface area contributed by atoms with Crippen LogP contribution in [-0.4, -0.2) is 29.6 Å². The fraction of sp³-hybridized carbons (Fsp3) is 0.667. The van der Waals surface area contributed by atoms with Crippen LogP contribution in [0.4, 0.5) is 0 Å². The molecule has 0 aromatic carbocycles. The zero-order valence-electron chi connectivity index (χ0n) is 14.9. The molecular formula is C18H30N4O. The maximum Gasteiger partial charge on any atom is 0.213 e. The molecule has 1 saturated carbocycles. The number of ether oxygens (including phenoxy) is 1. The minimum Gasteiger partial charge on any atom is -0.474 e. The maximum atomic E-state index is 6.02. The van der Waals surface area contributed by atoms with Gasteiger partial charge in [-0.25, -0.2) is 4.98 Å². The number of rotatable bonds is 4. The van der Waals surface area contributed by atoms with Gasteiger partial charge in [-0.2, -0.15) is 0 Å². The number of nitrogens with one attached hydrogen (secondary N) is 2. The first kappa shape index (κ1) is 17.6. The van der Waals surface area contributed by atoms with Crippen molar-refractivity contribution in [3.05, 3.63) is 23.9 Å². The summed E-state index contributed by atoms with van der Waals surface area (Å²) in [4.78, 5) is 8.60. The number of hydrogen-bond acceptors (Lipinski definition) is 3. The first-order valence-electron chi connectivity index (χ1n) is 8.57. The summed E-state index contributed by atoms with van der Waals surface area (Å²) in [5.41, 5.74) is 1.12. The van der Waals surface area contributed by atoms with Gasteiger partial charge in [-0.1, -0.05) is 6.42 Å². The van der Waals surface area contributed by atoms with Gasteiger partial charge >= 0.3 is 0 Å². The van der Waals surface area contributed by atoms with Crippen molar-refractivity contribution in [2.24, 2.45) is 4.99 Å². The molecule has 0 bridgehead atoms. The molecular weight excluding hydrogens is 288 g/mol. The molecule has 1 aromatic rings. The van der Waals surface area contributed by atoms with E-state index in [0.717, 1.165) is 30.2 Å². The number of pyridine rings is 1. The number of aromatic nitrogens is 1. The molecule has 0 amide bonds. The molecule has 5 heteroatoms. The van der Waals surface area contributed by atoms with E-state index in [1.807, 2.05) is 18.3 Å². The van der Waals surface area contributed by atoms with Crippen molar-refractivity contribution >= 4 is 5.96 Å². The summed E-state index contributed by atoms with van der Waals surface area (Å²) in [7, 11) is 1.78. The third kappa shape index (κ3) is 6.47. The summed E-state index contributed by atoms with van der Waals surface area (Å²) in [5, 5.41) is 6.68. The third-order valence-corrected chi connectivity index (χ3v) is 3.82. The highest BCUT2D eigenvalue weighted by atomic mass is 16.5. The van der Waals surface area contributed by atoms with E-state index in [2.05, 4.69) is 41.4 Å². The molecule has 2 N–H and O–H groups in total. The molecule has 2 rings (SSSR count). The number of guanidine groups is 1. The van der Waals surface area contributed by atoms with Gasteiger partial charge in [-0.05, 0) is 58.1 Å². The van der Waals surface area contributed by atoms with Gasteiger partial charge in [0.25, 0.3) is 0 Å². The van der Waals surface area contributed by atoms with Crippen LogP contribution >= 0.6 is 0 Å². The Morgan fingerprint density at radius 1 is 1.30 bits per heavy atom. The van der Waals surface area contributed by atoms with Gasteiger partial charge in [0.15, 0.2) is 5.96 Å². The predicted molar refractivity (Wildman–Crippen MR) is 94.8 cm³/mol. The Morgan fingerprint density at radius 2 is 2.04 bits per heavy atom. The van der Waals surface area contributed by atoms with Gasteiger partial charge in [-0.15, -0.1) is 0 Å². The van der Waals surface area contributed by atoms with Crippen molar-refractivity contribution in [3.63, 3.8) is 0 Å². The Kier molecular flexibility index (Phi) is 6.25. The molecule has 1 aliphatic carbocycles. The van der Waals surface area contributed by atoms with Crippen molar-refractivity contribution in [2.45, 2.75) is 71.1 Å². The molecule has 23 heavy (non-hydrogen) atoms. The Balaban J connectivity index is 1.89. The molecule has 1 aromatic heterocycles. The average molecular weight is 318 g/mol. The van der Waals surface area contributed by atoms with Crippen LogP contribution in [0, 0.1) is 0 Å². The van der Waals surface area contributed by atoms with E-state index in [9.17, 15) is 0 Å². The Bertz CT molecular complexity index is 516. The summed E-state index contributed by atoms with van der Waals surface area (Å²) in [6.07, 6.45) is 8.29. The zero-order valence-corrected chi connectivity index (χ0v) is 14.9. The standard InChI is InChI=1S/C18H30N4O/c1-18(2,3)22-17(19-4)21-13-14-10-11-20-16(12-14)23-15-8-6-5-7-9-15/h10-12,15H,5-9,13H2,1-4H3,(H2,19,21,22). The fourth-order valence-corrected chi connectivity index (χ4v) is 2.70. The smallest absolute Gasteiger partial charge is 0.213 e. The molecule has 1 heterocycles. The summed E-state index contributed by atoms with van der Waals surface area (Å²) in [6, 6.07) is 4.02. The van der Waals surface area contributed by atoms with Crippen molar-refractivity contribution in [1.82, 2.24) is 15.6 Å². The lowest BCUT2D eigenvalue weighted by molar-refractivity contribution is 0.148. The average Bonchev–Trinajstić information content (AvgIpc) is 2.52. The van der Waals surface area contributed by atoms with Crippen LogP contribution < -0.4 is 15.4 Å². The summed E-state index contributed by atoms with van der Waals surface area (Å²) in [6.45, 7) is 7.03. The van der Waals surface area contributed by atoms with E-state index < -0.39 is 0 Å². The van der Waals surface area contributed by atoms with E-state index in [1.54, 1.807) is 7.05 Å². The van der Waals surface area contributed by atoms with E-state index in [-0.39, 0.29) is 5.54 Å². The summed E-state index contributed by atoms with van der Waals surface area (Å²) in [5.74, 6) is 1.53. The molecule has 0 saturated heterocycles. The first-order chi connectivity index (χ1) is 11.0. The van der Waals surface area contributed by atoms with Crippen LogP contribution in [0.25, 0.3) is 0 Å². The van der Waals surface area contributed by atoms with E-state index >= 15 is 0 Å². The maximum absolute atomic E-state index is 6.02. The van der Waals surface area contributed by atoms with Crippen molar-refractivity contribution < 1.29 is 4.74 Å². The van der Waals surface area contributed by atoms with Crippen LogP contribution in [-0.2, 0) is 6.54 Å². The Labute approximate surface area is 139 Å². The molecule has 0 spiro atoms. The lowest BCUT2D eigenvalue weighted by Gasteiger charge is -2.24. The summed E-state index contributed by atoms with van der Waals surface area (Å²) >= 11 is 0. The van der Waals surface area contributed by atoms with Gasteiger partial charge in [0, 0.05) is 31.4 Å². The SMILES string of the molecule is CN=C(NCc1ccnc(OC2CCCCC2)c1)NC(C)(C)C. The number of hydrogen-bond donors (Lipinski definition) is 2. The van der Waals surface area contributed by atoms with E-state index in [0.29, 0.717) is 12.6 Å². The first-order valence-corrected chi connectivity index (χ1v) is 8.57. The lowest BCUT2D eigenvalue weighted by Crippen LogP contribution is -2.47. The predicted octanol–water partition coefficient (Wildman–Crippen LogP) is 3.26. The van der Waals surface area contributed by atoms with Crippen molar-refractivity contribution in [3.8, 4) is 5.88 Å². The number of nitrogens with zero attached hydrogens (tertiary/aromatic N) is 2. The van der Waals surface area contributed by atoms with Gasteiger partial charge < -0.3 is 15.4 Å². The van der Waals surface area contributed by atoms with E-state index in [4.69, 9.17) is 4.74 Å². The topological polar surface area (TPSA) is 58.5 Å². The van der Waals surface area contributed by atoms with Gasteiger partial charge in [-0.3, -0.25) is 4.99 Å². The molecule has 5 nitrogen and oxygen atoms in total. The highest BCUT2D eigenvalue weighted by molar-refractivity contribution is 5.80. The van der Waals surface area contributed by atoms with Gasteiger partial charge in [0.05, 0.1) is 0 Å². The van der Waals surface area contributed by atoms with E-state index in [1.165, 1.54) is 19.3 Å². The minimum atomic E-state index is -0.0185. The second-order valence-electron chi connectivity index (χ2n) is 7.18. The fourth-order valence-electron chi connectivity index (χ4n) is 2.70. The Morgan fingerprint density at radius 3 is 2.70 bits per heavy atom. The zero-order chi connectivity index (χ0) is 16.7. The van der Waals surface area contributed by atoms with Gasteiger partial charge in [0.2, 0.25) is 5.88 Å². The normalized spacial score (nSPS) is 17.0. The molecule has 1 fully saturated rings. The molecule has 1 aliphatic rings. The highest BCUT2D eigenvalue weighted by Crippen LogP contribution is 2.22.